The van der Waals surface area contributed by atoms with Crippen molar-refractivity contribution in [2.45, 2.75) is 25.3 Å². The number of nitrogens with one attached hydrogen (secondary N) is 2. The first kappa shape index (κ1) is 13.2. The van der Waals surface area contributed by atoms with Crippen molar-refractivity contribution in [3.63, 3.8) is 0 Å². The van der Waals surface area contributed by atoms with E-state index in [1.165, 1.54) is 11.1 Å². The van der Waals surface area contributed by atoms with Gasteiger partial charge in [0.2, 0.25) is 0 Å². The lowest BCUT2D eigenvalue weighted by molar-refractivity contribution is 0.0928. The van der Waals surface area contributed by atoms with E-state index in [9.17, 15) is 4.79 Å². The van der Waals surface area contributed by atoms with Crippen LogP contribution in [0.1, 0.15) is 40.5 Å². The van der Waals surface area contributed by atoms with Gasteiger partial charge in [-0.3, -0.25) is 4.79 Å². The van der Waals surface area contributed by atoms with Crippen LogP contribution in [0.25, 0.3) is 0 Å². The number of amides is 1. The molecule has 1 aromatic carbocycles. The van der Waals surface area contributed by atoms with Crippen molar-refractivity contribution in [3.8, 4) is 0 Å². The highest BCUT2D eigenvalue weighted by Crippen LogP contribution is 2.31. The number of nitrogen functional groups attached to an aromatic ring is 1. The van der Waals surface area contributed by atoms with Crippen molar-refractivity contribution in [2.75, 3.05) is 5.73 Å². The van der Waals surface area contributed by atoms with E-state index in [4.69, 9.17) is 5.73 Å². The predicted octanol–water partition coefficient (Wildman–Crippen LogP) is 3.17. The summed E-state index contributed by atoms with van der Waals surface area (Å²) in [5.74, 6) is -0.0784. The van der Waals surface area contributed by atoms with Gasteiger partial charge in [-0.2, -0.15) is 0 Å². The van der Waals surface area contributed by atoms with E-state index in [1.54, 1.807) is 12.3 Å². The van der Waals surface area contributed by atoms with Crippen LogP contribution >= 0.6 is 15.9 Å². The van der Waals surface area contributed by atoms with Crippen molar-refractivity contribution in [1.29, 1.82) is 0 Å². The number of aryl methyl sites for hydroxylation is 1. The number of carbonyl (C=O) groups excluding carboxylic acids is 1. The molecule has 2 aromatic rings. The van der Waals surface area contributed by atoms with Gasteiger partial charge in [-0.1, -0.05) is 6.07 Å². The van der Waals surface area contributed by atoms with Crippen molar-refractivity contribution in [1.82, 2.24) is 10.3 Å². The molecule has 1 heterocycles. The van der Waals surface area contributed by atoms with E-state index < -0.39 is 0 Å². The van der Waals surface area contributed by atoms with Gasteiger partial charge in [0.1, 0.15) is 5.69 Å². The summed E-state index contributed by atoms with van der Waals surface area (Å²) in [6.45, 7) is 0. The normalized spacial score (nSPS) is 17.6. The fraction of sp³-hybridized carbons (Fsp3) is 0.267. The number of rotatable bonds is 2. The number of halogens is 1. The van der Waals surface area contributed by atoms with Crippen LogP contribution in [0.2, 0.25) is 0 Å². The number of aromatic amines is 1. The van der Waals surface area contributed by atoms with Gasteiger partial charge >= 0.3 is 0 Å². The van der Waals surface area contributed by atoms with Gasteiger partial charge in [0, 0.05) is 16.4 Å². The van der Waals surface area contributed by atoms with E-state index in [-0.39, 0.29) is 11.9 Å². The van der Waals surface area contributed by atoms with Crippen molar-refractivity contribution >= 4 is 27.5 Å². The smallest absolute Gasteiger partial charge is 0.268 e. The Labute approximate surface area is 125 Å². The van der Waals surface area contributed by atoms with E-state index in [0.29, 0.717) is 5.69 Å². The highest BCUT2D eigenvalue weighted by atomic mass is 79.9. The number of fused-ring (bicyclic) bond motifs is 1. The Kier molecular flexibility index (Phi) is 3.53. The van der Waals surface area contributed by atoms with Gasteiger partial charge in [-0.05, 0) is 64.5 Å². The fourth-order valence-corrected chi connectivity index (χ4v) is 3.06. The third-order valence-electron chi connectivity index (χ3n) is 3.68. The molecule has 1 aromatic heterocycles. The average Bonchev–Trinajstić information content (AvgIpc) is 2.85. The Bertz CT molecular complexity index is 650. The van der Waals surface area contributed by atoms with Gasteiger partial charge in [0.15, 0.2) is 0 Å². The summed E-state index contributed by atoms with van der Waals surface area (Å²) in [5.41, 5.74) is 9.60. The molecule has 1 atom stereocenters. The maximum atomic E-state index is 12.2. The van der Waals surface area contributed by atoms with Crippen LogP contribution in [-0.2, 0) is 6.42 Å². The van der Waals surface area contributed by atoms with Gasteiger partial charge < -0.3 is 16.0 Å². The summed E-state index contributed by atoms with van der Waals surface area (Å²) in [4.78, 5) is 15.2. The minimum Gasteiger partial charge on any atom is -0.399 e. The molecule has 0 radical (unpaired) electrons. The molecular weight excluding hydrogens is 318 g/mol. The monoisotopic (exact) mass is 333 g/mol. The second-order valence-electron chi connectivity index (χ2n) is 5.11. The summed E-state index contributed by atoms with van der Waals surface area (Å²) in [5, 5.41) is 3.09. The number of nitrogens with two attached hydrogens (primary N) is 1. The number of aromatic nitrogens is 1. The van der Waals surface area contributed by atoms with Crippen LogP contribution < -0.4 is 11.1 Å². The van der Waals surface area contributed by atoms with Gasteiger partial charge in [-0.25, -0.2) is 0 Å². The largest absolute Gasteiger partial charge is 0.399 e. The van der Waals surface area contributed by atoms with Crippen molar-refractivity contribution < 1.29 is 4.79 Å². The molecule has 1 aliphatic carbocycles. The molecule has 4 N–H and O–H groups in total. The van der Waals surface area contributed by atoms with Crippen LogP contribution in [0.5, 0.6) is 0 Å². The highest BCUT2D eigenvalue weighted by molar-refractivity contribution is 9.10. The van der Waals surface area contributed by atoms with Gasteiger partial charge in [-0.15, -0.1) is 0 Å². The molecule has 104 valence electrons. The molecule has 0 fully saturated rings. The lowest BCUT2D eigenvalue weighted by Gasteiger charge is -2.26. The first-order valence-corrected chi connectivity index (χ1v) is 7.46. The molecule has 3 rings (SSSR count). The summed E-state index contributed by atoms with van der Waals surface area (Å²) in [6.07, 6.45) is 4.81. The average molecular weight is 334 g/mol. The Morgan fingerprint density at radius 3 is 3.00 bits per heavy atom. The van der Waals surface area contributed by atoms with Crippen LogP contribution in [-0.4, -0.2) is 10.9 Å². The molecule has 20 heavy (non-hydrogen) atoms. The van der Waals surface area contributed by atoms with Crippen LogP contribution in [0.3, 0.4) is 0 Å². The number of hydrogen-bond donors (Lipinski definition) is 3. The van der Waals surface area contributed by atoms with E-state index in [0.717, 1.165) is 29.4 Å². The molecular formula is C15H16BrN3O. The third-order valence-corrected chi connectivity index (χ3v) is 4.14. The third kappa shape index (κ3) is 2.58. The number of H-pyrrole nitrogens is 1. The summed E-state index contributed by atoms with van der Waals surface area (Å²) in [7, 11) is 0. The molecule has 4 nitrogen and oxygen atoms in total. The molecule has 5 heteroatoms. The molecule has 0 bridgehead atoms. The Morgan fingerprint density at radius 1 is 1.40 bits per heavy atom. The molecule has 1 unspecified atom stereocenters. The standard InChI is InChI=1S/C15H16BrN3O/c16-10-7-14(18-8-10)15(20)19-13-3-1-2-9-6-11(17)4-5-12(9)13/h4-8,13,18H,1-3,17H2,(H,19,20). The quantitative estimate of drug-likeness (QED) is 0.738. The second-order valence-corrected chi connectivity index (χ2v) is 6.02. The Morgan fingerprint density at radius 2 is 2.25 bits per heavy atom. The maximum Gasteiger partial charge on any atom is 0.268 e. The predicted molar refractivity (Wildman–Crippen MR) is 82.5 cm³/mol. The number of hydrogen-bond acceptors (Lipinski definition) is 2. The molecule has 1 amide bonds. The topological polar surface area (TPSA) is 70.9 Å². The second kappa shape index (κ2) is 5.32. The zero-order valence-electron chi connectivity index (χ0n) is 10.9. The maximum absolute atomic E-state index is 12.2. The number of carbonyl (C=O) groups is 1. The first-order chi connectivity index (χ1) is 9.63. The molecule has 0 aliphatic heterocycles. The molecule has 0 saturated carbocycles. The lowest BCUT2D eigenvalue weighted by atomic mass is 9.87. The Hall–Kier alpha value is -1.75. The van der Waals surface area contributed by atoms with E-state index in [1.807, 2.05) is 18.2 Å². The van der Waals surface area contributed by atoms with Crippen molar-refractivity contribution in [3.05, 3.63) is 51.8 Å². The minimum absolute atomic E-state index is 0.0638. The zero-order valence-corrected chi connectivity index (χ0v) is 12.5. The van der Waals surface area contributed by atoms with E-state index >= 15 is 0 Å². The van der Waals surface area contributed by atoms with Gasteiger partial charge in [0.05, 0.1) is 6.04 Å². The summed E-state index contributed by atoms with van der Waals surface area (Å²) < 4.78 is 0.875. The van der Waals surface area contributed by atoms with Gasteiger partial charge in [0.25, 0.3) is 5.91 Å². The molecule has 0 spiro atoms. The minimum atomic E-state index is -0.0784. The zero-order chi connectivity index (χ0) is 14.1. The molecule has 0 saturated heterocycles. The Balaban J connectivity index is 1.81. The fourth-order valence-electron chi connectivity index (χ4n) is 2.72. The van der Waals surface area contributed by atoms with Crippen LogP contribution in [0, 0.1) is 0 Å². The summed E-state index contributed by atoms with van der Waals surface area (Å²) >= 11 is 3.33. The number of anilines is 1. The lowest BCUT2D eigenvalue weighted by Crippen LogP contribution is -2.31. The van der Waals surface area contributed by atoms with Crippen LogP contribution in [0.15, 0.2) is 34.9 Å². The number of benzene rings is 1. The SMILES string of the molecule is Nc1ccc2c(c1)CCCC2NC(=O)c1cc(Br)c[nH]1. The first-order valence-electron chi connectivity index (χ1n) is 6.66. The highest BCUT2D eigenvalue weighted by Gasteiger charge is 2.22. The van der Waals surface area contributed by atoms with E-state index in [2.05, 4.69) is 26.2 Å². The van der Waals surface area contributed by atoms with Crippen molar-refractivity contribution in [2.24, 2.45) is 0 Å². The summed E-state index contributed by atoms with van der Waals surface area (Å²) in [6, 6.07) is 7.78. The molecule has 1 aliphatic rings. The van der Waals surface area contributed by atoms with Crippen LogP contribution in [0.4, 0.5) is 5.69 Å².